The van der Waals surface area contributed by atoms with E-state index in [1.54, 1.807) is 0 Å². The van der Waals surface area contributed by atoms with Crippen LogP contribution in [0.4, 0.5) is 13.2 Å². The minimum atomic E-state index is -4.45. The Morgan fingerprint density at radius 2 is 1.81 bits per heavy atom. The second-order valence-corrected chi connectivity index (χ2v) is 7.45. The van der Waals surface area contributed by atoms with Crippen molar-refractivity contribution in [2.24, 2.45) is 5.41 Å². The standard InChI is InChI=1S/C14H23F3N2OS/c1-8(2)18-7-9-10(14(15,16)17)19-12(21-9)11(20-6)13(3,4)5/h8,11,18H,7H2,1-6H3. The largest absolute Gasteiger partial charge is 0.434 e. The fourth-order valence-corrected chi connectivity index (χ4v) is 3.30. The van der Waals surface area contributed by atoms with Gasteiger partial charge in [-0.1, -0.05) is 34.6 Å². The van der Waals surface area contributed by atoms with Crippen molar-refractivity contribution in [3.05, 3.63) is 15.6 Å². The van der Waals surface area contributed by atoms with Crippen LogP contribution in [-0.4, -0.2) is 18.1 Å². The average Bonchev–Trinajstić information content (AvgIpc) is 2.69. The number of methoxy groups -OCH3 is 1. The molecule has 0 fully saturated rings. The van der Waals surface area contributed by atoms with Gasteiger partial charge in [-0.05, 0) is 5.41 Å². The minimum absolute atomic E-state index is 0.109. The number of rotatable bonds is 5. The molecule has 0 saturated carbocycles. The van der Waals surface area contributed by atoms with E-state index >= 15 is 0 Å². The van der Waals surface area contributed by atoms with Gasteiger partial charge in [0.1, 0.15) is 11.1 Å². The van der Waals surface area contributed by atoms with Crippen LogP contribution in [0.1, 0.15) is 56.3 Å². The lowest BCUT2D eigenvalue weighted by Crippen LogP contribution is -2.23. The van der Waals surface area contributed by atoms with Gasteiger partial charge in [-0.15, -0.1) is 11.3 Å². The van der Waals surface area contributed by atoms with Crippen molar-refractivity contribution in [3.8, 4) is 0 Å². The lowest BCUT2D eigenvalue weighted by molar-refractivity contribution is -0.141. The molecule has 1 aromatic rings. The highest BCUT2D eigenvalue weighted by Crippen LogP contribution is 2.41. The quantitative estimate of drug-likeness (QED) is 0.872. The van der Waals surface area contributed by atoms with Gasteiger partial charge < -0.3 is 10.1 Å². The van der Waals surface area contributed by atoms with E-state index in [2.05, 4.69) is 10.3 Å². The van der Waals surface area contributed by atoms with Gasteiger partial charge in [0.25, 0.3) is 0 Å². The Morgan fingerprint density at radius 1 is 1.24 bits per heavy atom. The molecule has 7 heteroatoms. The maximum atomic E-state index is 13.1. The summed E-state index contributed by atoms with van der Waals surface area (Å²) in [7, 11) is 1.50. The molecule has 21 heavy (non-hydrogen) atoms. The van der Waals surface area contributed by atoms with Crippen molar-refractivity contribution in [2.75, 3.05) is 7.11 Å². The third-order valence-electron chi connectivity index (χ3n) is 2.90. The van der Waals surface area contributed by atoms with E-state index in [0.29, 0.717) is 5.01 Å². The first-order valence-corrected chi connectivity index (χ1v) is 7.61. The monoisotopic (exact) mass is 324 g/mol. The van der Waals surface area contributed by atoms with E-state index in [-0.39, 0.29) is 22.9 Å². The second kappa shape index (κ2) is 6.62. The van der Waals surface area contributed by atoms with E-state index in [1.165, 1.54) is 7.11 Å². The molecule has 1 rings (SSSR count). The predicted molar refractivity (Wildman–Crippen MR) is 78.3 cm³/mol. The van der Waals surface area contributed by atoms with Crippen LogP contribution in [0.15, 0.2) is 0 Å². The molecule has 3 nitrogen and oxygen atoms in total. The number of alkyl halides is 3. The Bertz CT molecular complexity index is 464. The Hall–Kier alpha value is -0.660. The van der Waals surface area contributed by atoms with Crippen LogP contribution >= 0.6 is 11.3 Å². The number of thiazole rings is 1. The van der Waals surface area contributed by atoms with E-state index in [9.17, 15) is 13.2 Å². The topological polar surface area (TPSA) is 34.1 Å². The van der Waals surface area contributed by atoms with E-state index in [0.717, 1.165) is 11.3 Å². The smallest absolute Gasteiger partial charge is 0.374 e. The van der Waals surface area contributed by atoms with Crippen molar-refractivity contribution in [1.29, 1.82) is 0 Å². The highest BCUT2D eigenvalue weighted by atomic mass is 32.1. The van der Waals surface area contributed by atoms with Gasteiger partial charge in [-0.2, -0.15) is 13.2 Å². The average molecular weight is 324 g/mol. The third-order valence-corrected chi connectivity index (χ3v) is 4.00. The number of hydrogen-bond donors (Lipinski definition) is 1. The number of hydrogen-bond acceptors (Lipinski definition) is 4. The molecule has 1 atom stereocenters. The normalized spacial score (nSPS) is 14.8. The van der Waals surface area contributed by atoms with Gasteiger partial charge in [0, 0.05) is 19.7 Å². The lowest BCUT2D eigenvalue weighted by atomic mass is 9.89. The zero-order chi connectivity index (χ0) is 16.4. The van der Waals surface area contributed by atoms with Gasteiger partial charge in [0.15, 0.2) is 5.69 Å². The molecule has 122 valence electrons. The molecule has 0 aliphatic rings. The second-order valence-electron chi connectivity index (χ2n) is 6.34. The third kappa shape index (κ3) is 4.93. The molecular weight excluding hydrogens is 301 g/mol. The summed E-state index contributed by atoms with van der Waals surface area (Å²) in [5.41, 5.74) is -1.12. The van der Waals surface area contributed by atoms with Crippen LogP contribution in [0.2, 0.25) is 0 Å². The number of aromatic nitrogens is 1. The number of nitrogens with zero attached hydrogens (tertiary/aromatic N) is 1. The molecule has 1 unspecified atom stereocenters. The molecule has 1 aromatic heterocycles. The molecule has 0 bridgehead atoms. The van der Waals surface area contributed by atoms with Crippen LogP contribution in [-0.2, 0) is 17.5 Å². The summed E-state index contributed by atoms with van der Waals surface area (Å²) < 4.78 is 44.7. The molecule has 0 spiro atoms. The summed E-state index contributed by atoms with van der Waals surface area (Å²) in [5.74, 6) is 0. The summed E-state index contributed by atoms with van der Waals surface area (Å²) >= 11 is 1.07. The first kappa shape index (κ1) is 18.4. The Kier molecular flexibility index (Phi) is 5.80. The van der Waals surface area contributed by atoms with Crippen LogP contribution in [0.3, 0.4) is 0 Å². The lowest BCUT2D eigenvalue weighted by Gasteiger charge is -2.27. The van der Waals surface area contributed by atoms with Gasteiger partial charge in [0.2, 0.25) is 0 Å². The highest BCUT2D eigenvalue weighted by molar-refractivity contribution is 7.11. The van der Waals surface area contributed by atoms with Crippen LogP contribution in [0, 0.1) is 5.41 Å². The highest BCUT2D eigenvalue weighted by Gasteiger charge is 2.39. The van der Waals surface area contributed by atoms with Crippen LogP contribution in [0.25, 0.3) is 0 Å². The molecule has 0 saturated heterocycles. The zero-order valence-corrected chi connectivity index (χ0v) is 14.1. The maximum absolute atomic E-state index is 13.1. The zero-order valence-electron chi connectivity index (χ0n) is 13.3. The molecule has 0 radical (unpaired) electrons. The predicted octanol–water partition coefficient (Wildman–Crippen LogP) is 4.39. The fraction of sp³-hybridized carbons (Fsp3) is 0.786. The van der Waals surface area contributed by atoms with Crippen molar-refractivity contribution in [2.45, 2.75) is 59.5 Å². The molecule has 0 aromatic carbocycles. The Balaban J connectivity index is 3.19. The number of ether oxygens (including phenoxy) is 1. The van der Waals surface area contributed by atoms with E-state index in [1.807, 2.05) is 34.6 Å². The fourth-order valence-electron chi connectivity index (χ4n) is 1.94. The Labute approximate surface area is 127 Å². The minimum Gasteiger partial charge on any atom is -0.374 e. The van der Waals surface area contributed by atoms with Gasteiger partial charge in [0.05, 0.1) is 4.88 Å². The summed E-state index contributed by atoms with van der Waals surface area (Å²) in [6, 6.07) is 0.109. The summed E-state index contributed by atoms with van der Waals surface area (Å²) in [6.45, 7) is 9.70. The van der Waals surface area contributed by atoms with Crippen molar-refractivity contribution < 1.29 is 17.9 Å². The van der Waals surface area contributed by atoms with Gasteiger partial charge >= 0.3 is 6.18 Å². The molecule has 1 heterocycles. The van der Waals surface area contributed by atoms with Crippen molar-refractivity contribution >= 4 is 11.3 Å². The Morgan fingerprint density at radius 3 is 2.19 bits per heavy atom. The molecule has 0 aliphatic heterocycles. The number of halogens is 3. The maximum Gasteiger partial charge on any atom is 0.434 e. The first-order valence-electron chi connectivity index (χ1n) is 6.79. The van der Waals surface area contributed by atoms with Gasteiger partial charge in [-0.3, -0.25) is 0 Å². The van der Waals surface area contributed by atoms with E-state index < -0.39 is 18.0 Å². The van der Waals surface area contributed by atoms with Crippen LogP contribution < -0.4 is 5.32 Å². The molecular formula is C14H23F3N2OS. The van der Waals surface area contributed by atoms with Crippen molar-refractivity contribution in [1.82, 2.24) is 10.3 Å². The summed E-state index contributed by atoms with van der Waals surface area (Å²) in [5, 5.41) is 3.39. The van der Waals surface area contributed by atoms with Gasteiger partial charge in [-0.25, -0.2) is 4.98 Å². The van der Waals surface area contributed by atoms with Crippen molar-refractivity contribution in [3.63, 3.8) is 0 Å². The van der Waals surface area contributed by atoms with E-state index in [4.69, 9.17) is 4.74 Å². The summed E-state index contributed by atoms with van der Waals surface area (Å²) in [6.07, 6.45) is -4.91. The van der Waals surface area contributed by atoms with Crippen LogP contribution in [0.5, 0.6) is 0 Å². The first-order chi connectivity index (χ1) is 9.46. The molecule has 0 amide bonds. The summed E-state index contributed by atoms with van der Waals surface area (Å²) in [4.78, 5) is 4.03. The molecule has 1 N–H and O–H groups in total. The number of nitrogens with one attached hydrogen (secondary N) is 1. The SMILES string of the molecule is COC(c1nc(C(F)(F)F)c(CNC(C)C)s1)C(C)(C)C. The molecule has 0 aliphatic carbocycles.